The first-order valence-electron chi connectivity index (χ1n) is 10.2. The van der Waals surface area contributed by atoms with Crippen molar-refractivity contribution in [3.05, 3.63) is 53.6 Å². The zero-order chi connectivity index (χ0) is 22.2. The summed E-state index contributed by atoms with van der Waals surface area (Å²) in [6.07, 6.45) is 1.74. The van der Waals surface area contributed by atoms with Crippen LogP contribution in [0, 0.1) is 6.92 Å². The highest BCUT2D eigenvalue weighted by Gasteiger charge is 2.29. The Morgan fingerprint density at radius 2 is 1.84 bits per heavy atom. The van der Waals surface area contributed by atoms with Crippen LogP contribution in [0.15, 0.2) is 42.5 Å². The first-order valence-corrected chi connectivity index (χ1v) is 13.1. The molecule has 4 rings (SSSR count). The zero-order valence-electron chi connectivity index (χ0n) is 17.2. The van der Waals surface area contributed by atoms with Crippen LogP contribution < -0.4 is 15.4 Å². The van der Waals surface area contributed by atoms with Crippen LogP contribution in [0.1, 0.15) is 24.0 Å². The van der Waals surface area contributed by atoms with Crippen LogP contribution in [-0.2, 0) is 21.2 Å². The molecule has 0 saturated carbocycles. The number of carbonyl (C=O) groups is 1. The van der Waals surface area contributed by atoms with Gasteiger partial charge in [0.25, 0.3) is 0 Å². The lowest BCUT2D eigenvalue weighted by molar-refractivity contribution is -0.118. The van der Waals surface area contributed by atoms with Crippen molar-refractivity contribution in [2.24, 2.45) is 5.14 Å². The molecule has 1 unspecified atom stereocenters. The third kappa shape index (κ3) is 5.11. The summed E-state index contributed by atoms with van der Waals surface area (Å²) < 4.78 is 23.8. The molecule has 9 heteroatoms. The standard InChI is InChI=1S/C22H25N3O3S3/c1-14-2-7-17(25-10-8-18(9-11-25)31(23,27)28)13-19(14)16-5-3-15(4-6-16)12-20-21(26)24-22(29)30-20/h2-7,13,18,20H,8-12H2,1H3,(H2,23,27,28)(H,24,26,29). The number of amides is 1. The first-order chi connectivity index (χ1) is 14.7. The molecule has 2 heterocycles. The second kappa shape index (κ2) is 8.90. The van der Waals surface area contributed by atoms with Gasteiger partial charge in [-0.1, -0.05) is 54.3 Å². The minimum absolute atomic E-state index is 0.0196. The molecule has 2 aliphatic rings. The molecule has 0 aliphatic carbocycles. The molecule has 0 spiro atoms. The molecule has 2 aliphatic heterocycles. The predicted molar refractivity (Wildman–Crippen MR) is 131 cm³/mol. The largest absolute Gasteiger partial charge is 0.371 e. The first kappa shape index (κ1) is 22.3. The molecule has 1 atom stereocenters. The Hall–Kier alpha value is -1.94. The number of nitrogens with zero attached hydrogens (tertiary/aromatic N) is 1. The zero-order valence-corrected chi connectivity index (χ0v) is 19.7. The van der Waals surface area contributed by atoms with Crippen LogP contribution in [0.3, 0.4) is 0 Å². The average molecular weight is 476 g/mol. The molecule has 0 aromatic heterocycles. The minimum atomic E-state index is -3.47. The van der Waals surface area contributed by atoms with Crippen LogP contribution >= 0.6 is 24.0 Å². The number of aryl methyl sites for hydroxylation is 1. The Morgan fingerprint density at radius 3 is 2.42 bits per heavy atom. The number of benzene rings is 2. The van der Waals surface area contributed by atoms with Gasteiger partial charge in [0.2, 0.25) is 15.9 Å². The maximum Gasteiger partial charge on any atom is 0.239 e. The summed E-state index contributed by atoms with van der Waals surface area (Å²) in [5, 5.41) is 7.39. The van der Waals surface area contributed by atoms with E-state index in [1.165, 1.54) is 17.3 Å². The molecular formula is C22H25N3O3S3. The van der Waals surface area contributed by atoms with Gasteiger partial charge in [-0.25, -0.2) is 13.6 Å². The fraction of sp³-hybridized carbons (Fsp3) is 0.364. The fourth-order valence-electron chi connectivity index (χ4n) is 4.12. The van der Waals surface area contributed by atoms with E-state index in [1.54, 1.807) is 0 Å². The Morgan fingerprint density at radius 1 is 1.16 bits per heavy atom. The van der Waals surface area contributed by atoms with E-state index in [9.17, 15) is 13.2 Å². The molecule has 3 N–H and O–H groups in total. The van der Waals surface area contributed by atoms with E-state index in [-0.39, 0.29) is 11.2 Å². The van der Waals surface area contributed by atoms with E-state index < -0.39 is 15.3 Å². The van der Waals surface area contributed by atoms with Crippen LogP contribution in [0.25, 0.3) is 11.1 Å². The summed E-state index contributed by atoms with van der Waals surface area (Å²) in [6.45, 7) is 3.43. The number of hydrogen-bond donors (Lipinski definition) is 2. The lowest BCUT2D eigenvalue weighted by Gasteiger charge is -2.33. The Kier molecular flexibility index (Phi) is 6.39. The molecule has 2 aromatic carbocycles. The number of thioether (sulfide) groups is 1. The number of nitrogens with one attached hydrogen (secondary N) is 1. The summed E-state index contributed by atoms with van der Waals surface area (Å²) >= 11 is 6.48. The van der Waals surface area contributed by atoms with E-state index in [2.05, 4.69) is 59.6 Å². The highest BCUT2D eigenvalue weighted by atomic mass is 32.2. The fourth-order valence-corrected chi connectivity index (χ4v) is 6.30. The van der Waals surface area contributed by atoms with Crippen molar-refractivity contribution in [2.45, 2.75) is 36.7 Å². The lowest BCUT2D eigenvalue weighted by atomic mass is 9.97. The number of nitrogens with two attached hydrogens (primary N) is 1. The monoisotopic (exact) mass is 475 g/mol. The molecule has 0 bridgehead atoms. The lowest BCUT2D eigenvalue weighted by Crippen LogP contribution is -2.41. The quantitative estimate of drug-likeness (QED) is 0.646. The Balaban J connectivity index is 1.48. The molecule has 2 fully saturated rings. The van der Waals surface area contributed by atoms with E-state index >= 15 is 0 Å². The van der Waals surface area contributed by atoms with Crippen molar-refractivity contribution in [1.82, 2.24) is 5.32 Å². The van der Waals surface area contributed by atoms with Gasteiger partial charge in [-0.3, -0.25) is 4.79 Å². The summed E-state index contributed by atoms with van der Waals surface area (Å²) in [4.78, 5) is 14.1. The van der Waals surface area contributed by atoms with E-state index in [0.717, 1.165) is 22.4 Å². The highest BCUT2D eigenvalue weighted by Crippen LogP contribution is 2.31. The second-order valence-electron chi connectivity index (χ2n) is 8.06. The molecule has 6 nitrogen and oxygen atoms in total. The van der Waals surface area contributed by atoms with Gasteiger partial charge in [-0.15, -0.1) is 0 Å². The number of carbonyl (C=O) groups excluding carboxylic acids is 1. The summed E-state index contributed by atoms with van der Waals surface area (Å²) in [6, 6.07) is 14.7. The van der Waals surface area contributed by atoms with Gasteiger partial charge >= 0.3 is 0 Å². The SMILES string of the molecule is Cc1ccc(N2CCC(S(N)(=O)=O)CC2)cc1-c1ccc(CC2SC(=S)NC2=O)cc1. The van der Waals surface area contributed by atoms with Gasteiger partial charge in [0.05, 0.1) is 10.5 Å². The van der Waals surface area contributed by atoms with Crippen molar-refractivity contribution in [3.8, 4) is 11.1 Å². The maximum absolute atomic E-state index is 11.9. The number of hydrogen-bond acceptors (Lipinski definition) is 6. The molecule has 0 radical (unpaired) electrons. The van der Waals surface area contributed by atoms with Crippen molar-refractivity contribution in [2.75, 3.05) is 18.0 Å². The molecule has 2 saturated heterocycles. The van der Waals surface area contributed by atoms with Crippen molar-refractivity contribution < 1.29 is 13.2 Å². The van der Waals surface area contributed by atoms with Gasteiger partial charge < -0.3 is 10.2 Å². The van der Waals surface area contributed by atoms with Crippen LogP contribution in [0.2, 0.25) is 0 Å². The van der Waals surface area contributed by atoms with Gasteiger partial charge in [0.15, 0.2) is 0 Å². The minimum Gasteiger partial charge on any atom is -0.371 e. The van der Waals surface area contributed by atoms with Crippen molar-refractivity contribution in [3.63, 3.8) is 0 Å². The number of piperidine rings is 1. The van der Waals surface area contributed by atoms with Gasteiger partial charge in [-0.05, 0) is 60.6 Å². The number of sulfonamides is 1. The summed E-state index contributed by atoms with van der Waals surface area (Å²) in [5.74, 6) is -0.0196. The topological polar surface area (TPSA) is 92.5 Å². The van der Waals surface area contributed by atoms with Crippen LogP contribution in [0.4, 0.5) is 5.69 Å². The highest BCUT2D eigenvalue weighted by molar-refractivity contribution is 8.24. The molecule has 2 aromatic rings. The Bertz CT molecular complexity index is 1110. The maximum atomic E-state index is 11.9. The normalized spacial score (nSPS) is 20.2. The Labute approximate surface area is 192 Å². The van der Waals surface area contributed by atoms with Crippen molar-refractivity contribution >= 4 is 49.9 Å². The predicted octanol–water partition coefficient (Wildman–Crippen LogP) is 2.98. The summed E-state index contributed by atoms with van der Waals surface area (Å²) in [5.41, 5.74) is 5.62. The molecule has 31 heavy (non-hydrogen) atoms. The average Bonchev–Trinajstić information content (AvgIpc) is 3.05. The smallest absolute Gasteiger partial charge is 0.239 e. The van der Waals surface area contributed by atoms with Gasteiger partial charge in [0.1, 0.15) is 4.32 Å². The van der Waals surface area contributed by atoms with Crippen LogP contribution in [-0.4, -0.2) is 42.2 Å². The van der Waals surface area contributed by atoms with E-state index in [4.69, 9.17) is 17.4 Å². The number of rotatable bonds is 5. The van der Waals surface area contributed by atoms with E-state index in [0.29, 0.717) is 36.7 Å². The van der Waals surface area contributed by atoms with Gasteiger partial charge in [0, 0.05) is 18.8 Å². The third-order valence-electron chi connectivity index (χ3n) is 5.95. The molecule has 1 amide bonds. The number of thiocarbonyl (C=S) groups is 1. The summed E-state index contributed by atoms with van der Waals surface area (Å²) in [7, 11) is -3.47. The van der Waals surface area contributed by atoms with Gasteiger partial charge in [-0.2, -0.15) is 0 Å². The molecule has 164 valence electrons. The number of primary sulfonamides is 1. The van der Waals surface area contributed by atoms with Crippen molar-refractivity contribution in [1.29, 1.82) is 0 Å². The third-order valence-corrected chi connectivity index (χ3v) is 8.72. The molecular weight excluding hydrogens is 450 g/mol. The number of anilines is 1. The van der Waals surface area contributed by atoms with Crippen LogP contribution in [0.5, 0.6) is 0 Å². The van der Waals surface area contributed by atoms with E-state index in [1.807, 2.05) is 0 Å². The second-order valence-corrected chi connectivity index (χ2v) is 11.8.